The van der Waals surface area contributed by atoms with Crippen LogP contribution in [0.5, 0.6) is 5.75 Å². The lowest BCUT2D eigenvalue weighted by atomic mass is 10.2. The first-order valence-electron chi connectivity index (χ1n) is 2.93. The predicted octanol–water partition coefficient (Wildman–Crippen LogP) is 2.40. The largest absolute Gasteiger partial charge is 0.505 e. The molecule has 0 bridgehead atoms. The minimum absolute atomic E-state index is 0.0530. The van der Waals surface area contributed by atoms with Gasteiger partial charge in [-0.15, -0.1) is 0 Å². The lowest BCUT2D eigenvalue weighted by Gasteiger charge is -2.00. The van der Waals surface area contributed by atoms with Crippen molar-refractivity contribution in [2.24, 2.45) is 0 Å². The molecule has 64 valence electrons. The summed E-state index contributed by atoms with van der Waals surface area (Å²) in [6, 6.07) is 2.26. The minimum Gasteiger partial charge on any atom is -0.505 e. The van der Waals surface area contributed by atoms with E-state index in [1.807, 2.05) is 0 Å². The van der Waals surface area contributed by atoms with Crippen molar-refractivity contribution in [2.75, 3.05) is 0 Å². The highest BCUT2D eigenvalue weighted by Crippen LogP contribution is 2.32. The van der Waals surface area contributed by atoms with Crippen molar-refractivity contribution in [1.82, 2.24) is 0 Å². The van der Waals surface area contributed by atoms with Gasteiger partial charge < -0.3 is 10.2 Å². The number of aromatic carboxylic acids is 1. The molecule has 0 saturated carbocycles. The fourth-order valence-electron chi connectivity index (χ4n) is 0.689. The molecule has 2 N–H and O–H groups in total. The lowest BCUT2D eigenvalue weighted by molar-refractivity contribution is 0.0697. The number of carboxylic acid groups (broad SMARTS) is 1. The third-order valence-electron chi connectivity index (χ3n) is 1.26. The summed E-state index contributed by atoms with van der Waals surface area (Å²) in [6.45, 7) is 0. The summed E-state index contributed by atoms with van der Waals surface area (Å²) >= 11 is 10.9. The van der Waals surface area contributed by atoms with Crippen molar-refractivity contribution in [3.05, 3.63) is 27.7 Å². The Kier molecular flexibility index (Phi) is 2.45. The summed E-state index contributed by atoms with van der Waals surface area (Å²) in [6.07, 6.45) is 0. The molecule has 5 heteroatoms. The Balaban J connectivity index is 3.31. The topological polar surface area (TPSA) is 57.5 Å². The van der Waals surface area contributed by atoms with Gasteiger partial charge in [-0.3, -0.25) is 0 Å². The molecule has 0 amide bonds. The van der Waals surface area contributed by atoms with Crippen LogP contribution in [0.25, 0.3) is 0 Å². The van der Waals surface area contributed by atoms with Crippen molar-refractivity contribution in [2.45, 2.75) is 0 Å². The molecule has 0 unspecified atom stereocenters. The van der Waals surface area contributed by atoms with Crippen LogP contribution in [-0.4, -0.2) is 16.2 Å². The van der Waals surface area contributed by atoms with Gasteiger partial charge in [0.25, 0.3) is 0 Å². The SMILES string of the molecule is O=C(O)c1cc(Cl)c(O)c(Cl)c1. The van der Waals surface area contributed by atoms with E-state index in [2.05, 4.69) is 0 Å². The number of phenols is 1. The number of aromatic hydroxyl groups is 1. The monoisotopic (exact) mass is 206 g/mol. The summed E-state index contributed by atoms with van der Waals surface area (Å²) in [7, 11) is 0. The highest BCUT2D eigenvalue weighted by atomic mass is 35.5. The molecule has 0 fully saturated rings. The second-order valence-corrected chi connectivity index (χ2v) is 2.91. The quantitative estimate of drug-likeness (QED) is 0.743. The third kappa shape index (κ3) is 1.62. The average molecular weight is 207 g/mol. The maximum atomic E-state index is 10.4. The van der Waals surface area contributed by atoms with Crippen molar-refractivity contribution in [1.29, 1.82) is 0 Å². The van der Waals surface area contributed by atoms with Crippen LogP contribution in [0.1, 0.15) is 10.4 Å². The number of carboxylic acids is 1. The summed E-state index contributed by atoms with van der Waals surface area (Å²) in [5.74, 6) is -1.44. The summed E-state index contributed by atoms with van der Waals surface area (Å²) in [4.78, 5) is 10.4. The van der Waals surface area contributed by atoms with Crippen molar-refractivity contribution < 1.29 is 15.0 Å². The Morgan fingerprint density at radius 2 is 1.67 bits per heavy atom. The molecular formula is C7H4Cl2O3. The molecule has 0 aliphatic heterocycles. The lowest BCUT2D eigenvalue weighted by Crippen LogP contribution is -1.95. The molecule has 0 radical (unpaired) electrons. The van der Waals surface area contributed by atoms with Crippen LogP contribution in [-0.2, 0) is 0 Å². The number of rotatable bonds is 1. The first-order valence-corrected chi connectivity index (χ1v) is 3.69. The third-order valence-corrected chi connectivity index (χ3v) is 1.84. The van der Waals surface area contributed by atoms with Crippen LogP contribution < -0.4 is 0 Å². The minimum atomic E-state index is -1.14. The van der Waals surface area contributed by atoms with Crippen LogP contribution in [0.2, 0.25) is 10.0 Å². The van der Waals surface area contributed by atoms with Gasteiger partial charge in [0.2, 0.25) is 0 Å². The van der Waals surface area contributed by atoms with E-state index in [0.717, 1.165) is 12.1 Å². The number of halogens is 2. The molecule has 0 heterocycles. The predicted molar refractivity (Wildman–Crippen MR) is 45.1 cm³/mol. The highest BCUT2D eigenvalue weighted by molar-refractivity contribution is 6.37. The molecule has 0 saturated heterocycles. The first kappa shape index (κ1) is 9.16. The molecule has 1 aromatic rings. The molecular weight excluding hydrogens is 203 g/mol. The van der Waals surface area contributed by atoms with Crippen LogP contribution in [0.3, 0.4) is 0 Å². The molecule has 0 aromatic heterocycles. The molecule has 3 nitrogen and oxygen atoms in total. The molecule has 12 heavy (non-hydrogen) atoms. The Bertz CT molecular complexity index is 312. The number of phenolic OH excluding ortho intramolecular Hbond substituents is 1. The van der Waals surface area contributed by atoms with Crippen LogP contribution in [0, 0.1) is 0 Å². The van der Waals surface area contributed by atoms with Crippen LogP contribution >= 0.6 is 23.2 Å². The van der Waals surface area contributed by atoms with Gasteiger partial charge in [0.1, 0.15) is 0 Å². The maximum Gasteiger partial charge on any atom is 0.335 e. The number of hydrogen-bond donors (Lipinski definition) is 2. The van der Waals surface area contributed by atoms with Gasteiger partial charge in [-0.25, -0.2) is 4.79 Å². The van der Waals surface area contributed by atoms with E-state index in [9.17, 15) is 4.79 Å². The van der Waals surface area contributed by atoms with Crippen LogP contribution in [0.4, 0.5) is 0 Å². The molecule has 0 aliphatic rings. The van der Waals surface area contributed by atoms with Crippen molar-refractivity contribution in [3.63, 3.8) is 0 Å². The number of hydrogen-bond acceptors (Lipinski definition) is 2. The van der Waals surface area contributed by atoms with E-state index in [1.165, 1.54) is 0 Å². The molecule has 0 aliphatic carbocycles. The van der Waals surface area contributed by atoms with Crippen molar-refractivity contribution >= 4 is 29.2 Å². The number of benzene rings is 1. The highest BCUT2D eigenvalue weighted by Gasteiger charge is 2.10. The zero-order chi connectivity index (χ0) is 9.30. The Labute approximate surface area is 78.2 Å². The molecule has 1 rings (SSSR count). The summed E-state index contributed by atoms with van der Waals surface area (Å²) in [5, 5.41) is 17.4. The zero-order valence-electron chi connectivity index (χ0n) is 5.71. The maximum absolute atomic E-state index is 10.4. The second-order valence-electron chi connectivity index (χ2n) is 2.09. The van der Waals surface area contributed by atoms with Gasteiger partial charge in [-0.05, 0) is 12.1 Å². The molecule has 0 spiro atoms. The van der Waals surface area contributed by atoms with E-state index < -0.39 is 5.97 Å². The number of carbonyl (C=O) groups is 1. The van der Waals surface area contributed by atoms with Gasteiger partial charge in [0.15, 0.2) is 5.75 Å². The van der Waals surface area contributed by atoms with Gasteiger partial charge in [-0.1, -0.05) is 23.2 Å². The fourth-order valence-corrected chi connectivity index (χ4v) is 1.18. The summed E-state index contributed by atoms with van der Waals surface area (Å²) < 4.78 is 0. The Morgan fingerprint density at radius 1 is 1.25 bits per heavy atom. The van der Waals surface area contributed by atoms with Gasteiger partial charge in [0, 0.05) is 0 Å². The Morgan fingerprint density at radius 3 is 2.00 bits per heavy atom. The van der Waals surface area contributed by atoms with E-state index in [1.54, 1.807) is 0 Å². The summed E-state index contributed by atoms with van der Waals surface area (Å²) in [5.41, 5.74) is -0.0530. The Hall–Kier alpha value is -0.930. The van der Waals surface area contributed by atoms with Crippen molar-refractivity contribution in [3.8, 4) is 5.75 Å². The molecule has 0 atom stereocenters. The van der Waals surface area contributed by atoms with Gasteiger partial charge >= 0.3 is 5.97 Å². The van der Waals surface area contributed by atoms with E-state index >= 15 is 0 Å². The van der Waals surface area contributed by atoms with Gasteiger partial charge in [-0.2, -0.15) is 0 Å². The van der Waals surface area contributed by atoms with E-state index in [0.29, 0.717) is 0 Å². The van der Waals surface area contributed by atoms with E-state index in [4.69, 9.17) is 33.4 Å². The zero-order valence-corrected chi connectivity index (χ0v) is 7.23. The average Bonchev–Trinajstić information content (AvgIpc) is 1.99. The first-order chi connectivity index (χ1) is 5.52. The smallest absolute Gasteiger partial charge is 0.335 e. The normalized spacial score (nSPS) is 9.83. The van der Waals surface area contributed by atoms with E-state index in [-0.39, 0.29) is 21.4 Å². The molecule has 1 aromatic carbocycles. The second kappa shape index (κ2) is 3.21. The van der Waals surface area contributed by atoms with Crippen LogP contribution in [0.15, 0.2) is 12.1 Å². The van der Waals surface area contributed by atoms with Gasteiger partial charge in [0.05, 0.1) is 15.6 Å². The fraction of sp³-hybridized carbons (Fsp3) is 0. The standard InChI is InChI=1S/C7H4Cl2O3/c8-4-1-3(7(11)12)2-5(9)6(4)10/h1-2,10H,(H,11,12).